The van der Waals surface area contributed by atoms with Crippen LogP contribution in [0, 0.1) is 13.8 Å². The fourth-order valence-electron chi connectivity index (χ4n) is 2.46. The predicted molar refractivity (Wildman–Crippen MR) is 99.5 cm³/mol. The lowest BCUT2D eigenvalue weighted by Crippen LogP contribution is -2.28. The van der Waals surface area contributed by atoms with Crippen LogP contribution in [0.15, 0.2) is 47.0 Å². The van der Waals surface area contributed by atoms with Crippen molar-refractivity contribution in [3.05, 3.63) is 59.5 Å². The molecule has 0 radical (unpaired) electrons. The third kappa shape index (κ3) is 4.63. The lowest BCUT2D eigenvalue weighted by molar-refractivity contribution is -0.123. The number of methoxy groups -OCH3 is 1. The lowest BCUT2D eigenvalue weighted by atomic mass is 10.1. The van der Waals surface area contributed by atoms with Crippen LogP contribution in [0.25, 0.3) is 11.4 Å². The van der Waals surface area contributed by atoms with E-state index < -0.39 is 0 Å². The molecule has 0 saturated heterocycles. The molecule has 2 aromatic carbocycles. The Morgan fingerprint density at radius 2 is 2.00 bits per heavy atom. The molecule has 1 heterocycles. The van der Waals surface area contributed by atoms with Crippen molar-refractivity contribution < 1.29 is 18.8 Å². The van der Waals surface area contributed by atoms with Gasteiger partial charge in [0.1, 0.15) is 11.5 Å². The first-order valence-corrected chi connectivity index (χ1v) is 8.49. The molecular formula is C20H21N3O4. The summed E-state index contributed by atoms with van der Waals surface area (Å²) in [5.41, 5.74) is 2.91. The Morgan fingerprint density at radius 3 is 2.81 bits per heavy atom. The second-order valence-corrected chi connectivity index (χ2v) is 6.01. The molecule has 7 nitrogen and oxygen atoms in total. The average Bonchev–Trinajstić information content (AvgIpc) is 3.16. The summed E-state index contributed by atoms with van der Waals surface area (Å²) in [7, 11) is 1.59. The van der Waals surface area contributed by atoms with Gasteiger partial charge in [-0.2, -0.15) is 4.98 Å². The molecule has 0 fully saturated rings. The van der Waals surface area contributed by atoms with Gasteiger partial charge < -0.3 is 19.3 Å². The largest absolute Gasteiger partial charge is 0.497 e. The highest BCUT2D eigenvalue weighted by atomic mass is 16.5. The number of rotatable bonds is 7. The van der Waals surface area contributed by atoms with Gasteiger partial charge >= 0.3 is 0 Å². The minimum Gasteiger partial charge on any atom is -0.497 e. The van der Waals surface area contributed by atoms with E-state index in [0.29, 0.717) is 23.2 Å². The van der Waals surface area contributed by atoms with E-state index in [0.717, 1.165) is 16.7 Å². The van der Waals surface area contributed by atoms with Gasteiger partial charge in [0.05, 0.1) is 13.7 Å². The van der Waals surface area contributed by atoms with Crippen LogP contribution in [-0.2, 0) is 11.3 Å². The van der Waals surface area contributed by atoms with Gasteiger partial charge in [-0.3, -0.25) is 4.79 Å². The van der Waals surface area contributed by atoms with Crippen molar-refractivity contribution in [1.82, 2.24) is 15.5 Å². The molecule has 0 aliphatic carbocycles. The number of nitrogens with one attached hydrogen (secondary N) is 1. The molecular weight excluding hydrogens is 346 g/mol. The van der Waals surface area contributed by atoms with Crippen LogP contribution in [0.2, 0.25) is 0 Å². The Labute approximate surface area is 157 Å². The lowest BCUT2D eigenvalue weighted by Gasteiger charge is -2.10. The molecule has 3 aromatic rings. The number of benzene rings is 2. The molecule has 0 bridgehead atoms. The van der Waals surface area contributed by atoms with Crippen molar-refractivity contribution in [3.8, 4) is 22.9 Å². The molecule has 0 aliphatic heterocycles. The predicted octanol–water partition coefficient (Wildman–Crippen LogP) is 3.06. The summed E-state index contributed by atoms with van der Waals surface area (Å²) >= 11 is 0. The highest BCUT2D eigenvalue weighted by molar-refractivity contribution is 5.77. The van der Waals surface area contributed by atoms with Gasteiger partial charge in [-0.25, -0.2) is 0 Å². The van der Waals surface area contributed by atoms with E-state index in [2.05, 4.69) is 15.5 Å². The quantitative estimate of drug-likeness (QED) is 0.691. The summed E-state index contributed by atoms with van der Waals surface area (Å²) in [5, 5.41) is 6.64. The second-order valence-electron chi connectivity index (χ2n) is 6.01. The maximum Gasteiger partial charge on any atom is 0.258 e. The number of carbonyl (C=O) groups excluding carboxylic acids is 1. The van der Waals surface area contributed by atoms with Crippen LogP contribution in [0.5, 0.6) is 11.5 Å². The Hall–Kier alpha value is -3.35. The first-order chi connectivity index (χ1) is 13.1. The van der Waals surface area contributed by atoms with Gasteiger partial charge in [-0.15, -0.1) is 0 Å². The number of carbonyl (C=O) groups is 1. The Bertz CT molecular complexity index is 936. The third-order valence-corrected chi connectivity index (χ3v) is 4.15. The summed E-state index contributed by atoms with van der Waals surface area (Å²) in [6.45, 7) is 4.01. The number of ether oxygens (including phenoxy) is 2. The first kappa shape index (κ1) is 18.4. The monoisotopic (exact) mass is 367 g/mol. The van der Waals surface area contributed by atoms with E-state index in [1.54, 1.807) is 7.11 Å². The zero-order valence-corrected chi connectivity index (χ0v) is 15.5. The van der Waals surface area contributed by atoms with Gasteiger partial charge in [0, 0.05) is 5.56 Å². The van der Waals surface area contributed by atoms with Crippen molar-refractivity contribution >= 4 is 5.91 Å². The summed E-state index contributed by atoms with van der Waals surface area (Å²) in [6, 6.07) is 13.1. The van der Waals surface area contributed by atoms with E-state index in [1.807, 2.05) is 56.3 Å². The zero-order valence-electron chi connectivity index (χ0n) is 15.5. The molecule has 1 aromatic heterocycles. The standard InChI is InChI=1S/C20H21N3O4/c1-13-6-4-9-17(14(13)2)26-12-18(24)21-11-19-22-20(23-27-19)15-7-5-8-16(10-15)25-3/h4-10H,11-12H2,1-3H3,(H,21,24). The number of nitrogens with zero attached hydrogens (tertiary/aromatic N) is 2. The van der Waals surface area contributed by atoms with Crippen LogP contribution < -0.4 is 14.8 Å². The molecule has 27 heavy (non-hydrogen) atoms. The molecule has 0 atom stereocenters. The fourth-order valence-corrected chi connectivity index (χ4v) is 2.46. The van der Waals surface area contributed by atoms with Gasteiger partial charge in [0.15, 0.2) is 6.61 Å². The van der Waals surface area contributed by atoms with Crippen molar-refractivity contribution in [1.29, 1.82) is 0 Å². The fraction of sp³-hybridized carbons (Fsp3) is 0.250. The summed E-state index contributed by atoms with van der Waals surface area (Å²) in [4.78, 5) is 16.3. The number of hydrogen-bond acceptors (Lipinski definition) is 6. The van der Waals surface area contributed by atoms with Crippen LogP contribution in [0.3, 0.4) is 0 Å². The molecule has 1 N–H and O–H groups in total. The Kier molecular flexibility index (Phi) is 5.71. The van der Waals surface area contributed by atoms with E-state index in [9.17, 15) is 4.79 Å². The molecule has 0 saturated carbocycles. The molecule has 1 amide bonds. The molecule has 3 rings (SSSR count). The zero-order chi connectivity index (χ0) is 19.2. The van der Waals surface area contributed by atoms with Crippen molar-refractivity contribution in [3.63, 3.8) is 0 Å². The topological polar surface area (TPSA) is 86.5 Å². The number of amides is 1. The van der Waals surface area contributed by atoms with Gasteiger partial charge in [-0.05, 0) is 43.2 Å². The van der Waals surface area contributed by atoms with Gasteiger partial charge in [0.2, 0.25) is 11.7 Å². The number of hydrogen-bond donors (Lipinski definition) is 1. The van der Waals surface area contributed by atoms with E-state index in [-0.39, 0.29) is 19.1 Å². The number of aryl methyl sites for hydroxylation is 1. The first-order valence-electron chi connectivity index (χ1n) is 8.49. The summed E-state index contributed by atoms with van der Waals surface area (Å²) in [6.07, 6.45) is 0. The molecule has 0 unspecified atom stereocenters. The van der Waals surface area contributed by atoms with Crippen molar-refractivity contribution in [2.24, 2.45) is 0 Å². The normalized spacial score (nSPS) is 10.5. The van der Waals surface area contributed by atoms with Crippen LogP contribution in [0.1, 0.15) is 17.0 Å². The van der Waals surface area contributed by atoms with E-state index in [4.69, 9.17) is 14.0 Å². The maximum atomic E-state index is 12.0. The molecule has 140 valence electrons. The summed E-state index contributed by atoms with van der Waals surface area (Å²) < 4.78 is 15.9. The minimum atomic E-state index is -0.267. The second kappa shape index (κ2) is 8.35. The molecule has 0 aliphatic rings. The van der Waals surface area contributed by atoms with Gasteiger partial charge in [-0.1, -0.05) is 29.4 Å². The van der Waals surface area contributed by atoms with Gasteiger partial charge in [0.25, 0.3) is 5.91 Å². The van der Waals surface area contributed by atoms with Crippen molar-refractivity contribution in [2.75, 3.05) is 13.7 Å². The SMILES string of the molecule is COc1cccc(-c2noc(CNC(=O)COc3cccc(C)c3C)n2)c1. The highest BCUT2D eigenvalue weighted by Gasteiger charge is 2.11. The van der Waals surface area contributed by atoms with Crippen molar-refractivity contribution in [2.45, 2.75) is 20.4 Å². The smallest absolute Gasteiger partial charge is 0.258 e. The van der Waals surface area contributed by atoms with Crippen LogP contribution in [0.4, 0.5) is 0 Å². The highest BCUT2D eigenvalue weighted by Crippen LogP contribution is 2.21. The van der Waals surface area contributed by atoms with Crippen LogP contribution >= 0.6 is 0 Å². The summed E-state index contributed by atoms with van der Waals surface area (Å²) in [5.74, 6) is 1.88. The molecule has 7 heteroatoms. The van der Waals surface area contributed by atoms with E-state index in [1.165, 1.54) is 0 Å². The minimum absolute atomic E-state index is 0.0822. The number of aromatic nitrogens is 2. The Morgan fingerprint density at radius 1 is 1.19 bits per heavy atom. The van der Waals surface area contributed by atoms with Crippen LogP contribution in [-0.4, -0.2) is 29.8 Å². The Balaban J connectivity index is 1.53. The maximum absolute atomic E-state index is 12.0. The molecule has 0 spiro atoms. The van der Waals surface area contributed by atoms with E-state index >= 15 is 0 Å². The third-order valence-electron chi connectivity index (χ3n) is 4.15. The average molecular weight is 367 g/mol.